The van der Waals surface area contributed by atoms with E-state index in [1.54, 1.807) is 12.1 Å². The molecule has 2 heterocycles. The molecule has 0 saturated carbocycles. The molecule has 0 aliphatic carbocycles. The predicted molar refractivity (Wildman–Crippen MR) is 72.7 cm³/mol. The Bertz CT molecular complexity index is 744. The van der Waals surface area contributed by atoms with Crippen molar-refractivity contribution < 1.29 is 9.90 Å². The van der Waals surface area contributed by atoms with E-state index in [0.29, 0.717) is 5.52 Å². The molecule has 0 aliphatic heterocycles. The smallest absolute Gasteiger partial charge is 0.354 e. The zero-order valence-electron chi connectivity index (χ0n) is 9.48. The number of rotatable bonds is 3. The quantitative estimate of drug-likeness (QED) is 0.799. The molecule has 0 saturated heterocycles. The van der Waals surface area contributed by atoms with Gasteiger partial charge in [0.05, 0.1) is 5.52 Å². The summed E-state index contributed by atoms with van der Waals surface area (Å²) in [5.41, 5.74) is 0.695. The van der Waals surface area contributed by atoms with Crippen molar-refractivity contribution in [3.63, 3.8) is 0 Å². The minimum absolute atomic E-state index is 0.0331. The number of carbonyl (C=O) groups is 1. The molecule has 0 amide bonds. The normalized spacial score (nSPS) is 10.7. The van der Waals surface area contributed by atoms with E-state index in [9.17, 15) is 4.79 Å². The standard InChI is InChI=1S/C12H7N3O2S2/c16-11(17)9-5-10(18-12-13-6-14-19-12)7-3-1-2-4-8(7)15-9/h1-6H,(H,16,17). The van der Waals surface area contributed by atoms with Gasteiger partial charge in [-0.3, -0.25) is 0 Å². The Morgan fingerprint density at radius 3 is 2.89 bits per heavy atom. The van der Waals surface area contributed by atoms with Crippen LogP contribution in [0.4, 0.5) is 0 Å². The van der Waals surface area contributed by atoms with Gasteiger partial charge in [0, 0.05) is 10.3 Å². The minimum atomic E-state index is -1.04. The summed E-state index contributed by atoms with van der Waals surface area (Å²) in [6.45, 7) is 0. The lowest BCUT2D eigenvalue weighted by Gasteiger charge is -2.05. The van der Waals surface area contributed by atoms with Crippen LogP contribution in [0.5, 0.6) is 0 Å². The number of benzene rings is 1. The lowest BCUT2D eigenvalue weighted by atomic mass is 10.2. The number of para-hydroxylation sites is 1. The van der Waals surface area contributed by atoms with E-state index >= 15 is 0 Å². The SMILES string of the molecule is O=C(O)c1cc(Sc2ncns2)c2ccccc2n1. The number of fused-ring (bicyclic) bond motifs is 1. The van der Waals surface area contributed by atoms with Crippen LogP contribution in [-0.2, 0) is 0 Å². The van der Waals surface area contributed by atoms with Crippen LogP contribution < -0.4 is 0 Å². The molecular formula is C12H7N3O2S2. The van der Waals surface area contributed by atoms with Crippen molar-refractivity contribution in [2.75, 3.05) is 0 Å². The zero-order valence-corrected chi connectivity index (χ0v) is 11.1. The summed E-state index contributed by atoms with van der Waals surface area (Å²) in [7, 11) is 0. The number of hydrogen-bond donors (Lipinski definition) is 1. The second-order valence-corrected chi connectivity index (χ2v) is 5.71. The molecule has 5 nitrogen and oxygen atoms in total. The van der Waals surface area contributed by atoms with Crippen LogP contribution in [0.1, 0.15) is 10.5 Å². The first kappa shape index (κ1) is 12.1. The van der Waals surface area contributed by atoms with Gasteiger partial charge in [0.2, 0.25) is 0 Å². The van der Waals surface area contributed by atoms with Crippen LogP contribution in [-0.4, -0.2) is 25.4 Å². The van der Waals surface area contributed by atoms with Crippen LogP contribution in [0.2, 0.25) is 0 Å². The van der Waals surface area contributed by atoms with Gasteiger partial charge in [0.25, 0.3) is 0 Å². The number of hydrogen-bond acceptors (Lipinski definition) is 6. The highest BCUT2D eigenvalue weighted by Crippen LogP contribution is 2.33. The summed E-state index contributed by atoms with van der Waals surface area (Å²) in [5, 5.41) is 10.0. The first-order valence-electron chi connectivity index (χ1n) is 5.31. The number of aromatic nitrogens is 3. The summed E-state index contributed by atoms with van der Waals surface area (Å²) in [4.78, 5) is 20.1. The van der Waals surface area contributed by atoms with Crippen LogP contribution in [0.25, 0.3) is 10.9 Å². The molecule has 3 aromatic rings. The Hall–Kier alpha value is -1.99. The van der Waals surface area contributed by atoms with Crippen molar-refractivity contribution in [2.24, 2.45) is 0 Å². The van der Waals surface area contributed by atoms with E-state index in [0.717, 1.165) is 14.6 Å². The first-order chi connectivity index (χ1) is 9.24. The second-order valence-electron chi connectivity index (χ2n) is 3.64. The average Bonchev–Trinajstić information content (AvgIpc) is 2.91. The number of aromatic carboxylic acids is 1. The first-order valence-corrected chi connectivity index (χ1v) is 6.90. The molecule has 0 fully saturated rings. The van der Waals surface area contributed by atoms with Crippen molar-refractivity contribution in [3.05, 3.63) is 42.4 Å². The monoisotopic (exact) mass is 289 g/mol. The van der Waals surface area contributed by atoms with Crippen molar-refractivity contribution >= 4 is 40.2 Å². The number of pyridine rings is 1. The Kier molecular flexibility index (Phi) is 3.14. The van der Waals surface area contributed by atoms with E-state index in [-0.39, 0.29) is 5.69 Å². The highest BCUT2D eigenvalue weighted by molar-refractivity contribution is 8.01. The highest BCUT2D eigenvalue weighted by atomic mass is 32.2. The van der Waals surface area contributed by atoms with Crippen LogP contribution in [0, 0.1) is 0 Å². The zero-order chi connectivity index (χ0) is 13.2. The summed E-state index contributed by atoms with van der Waals surface area (Å²) in [6, 6.07) is 9.01. The van der Waals surface area contributed by atoms with Gasteiger partial charge in [-0.2, -0.15) is 4.37 Å². The minimum Gasteiger partial charge on any atom is -0.477 e. The Morgan fingerprint density at radius 2 is 2.16 bits per heavy atom. The molecule has 0 spiro atoms. The third-order valence-corrected chi connectivity index (χ3v) is 4.21. The topological polar surface area (TPSA) is 76.0 Å². The summed E-state index contributed by atoms with van der Waals surface area (Å²) >= 11 is 2.67. The number of nitrogens with zero attached hydrogens (tertiary/aromatic N) is 3. The molecule has 3 rings (SSSR count). The van der Waals surface area contributed by atoms with Crippen molar-refractivity contribution in [1.29, 1.82) is 0 Å². The highest BCUT2D eigenvalue weighted by Gasteiger charge is 2.12. The summed E-state index contributed by atoms with van der Waals surface area (Å²) in [5.74, 6) is -1.04. The fourth-order valence-electron chi connectivity index (χ4n) is 1.64. The summed E-state index contributed by atoms with van der Waals surface area (Å²) < 4.78 is 4.70. The largest absolute Gasteiger partial charge is 0.477 e. The van der Waals surface area contributed by atoms with Gasteiger partial charge in [-0.25, -0.2) is 14.8 Å². The van der Waals surface area contributed by atoms with Gasteiger partial charge in [-0.1, -0.05) is 30.0 Å². The van der Waals surface area contributed by atoms with E-state index < -0.39 is 5.97 Å². The Balaban J connectivity index is 2.17. The summed E-state index contributed by atoms with van der Waals surface area (Å²) in [6.07, 6.45) is 1.48. The lowest BCUT2D eigenvalue weighted by Crippen LogP contribution is -2.00. The van der Waals surface area contributed by atoms with Gasteiger partial charge in [0.1, 0.15) is 12.0 Å². The van der Waals surface area contributed by atoms with Crippen molar-refractivity contribution in [1.82, 2.24) is 14.3 Å². The third kappa shape index (κ3) is 2.42. The molecule has 7 heteroatoms. The number of carboxylic acids is 1. The van der Waals surface area contributed by atoms with Crippen LogP contribution >= 0.6 is 23.3 Å². The molecule has 0 atom stereocenters. The maximum Gasteiger partial charge on any atom is 0.354 e. The molecule has 1 aromatic carbocycles. The molecular weight excluding hydrogens is 282 g/mol. The molecule has 2 aromatic heterocycles. The van der Waals surface area contributed by atoms with E-state index in [1.165, 1.54) is 29.6 Å². The van der Waals surface area contributed by atoms with Gasteiger partial charge in [-0.05, 0) is 23.7 Å². The molecule has 0 unspecified atom stereocenters. The van der Waals surface area contributed by atoms with Gasteiger partial charge in [0.15, 0.2) is 4.34 Å². The van der Waals surface area contributed by atoms with Gasteiger partial charge < -0.3 is 5.11 Å². The molecule has 0 bridgehead atoms. The van der Waals surface area contributed by atoms with Crippen LogP contribution in [0.3, 0.4) is 0 Å². The Morgan fingerprint density at radius 1 is 1.32 bits per heavy atom. The fourth-order valence-corrected chi connectivity index (χ4v) is 3.21. The number of carboxylic acid groups (broad SMARTS) is 1. The van der Waals surface area contributed by atoms with E-state index in [2.05, 4.69) is 14.3 Å². The molecule has 1 N–H and O–H groups in total. The van der Waals surface area contributed by atoms with Crippen LogP contribution in [0.15, 0.2) is 45.9 Å². The third-order valence-electron chi connectivity index (χ3n) is 2.44. The van der Waals surface area contributed by atoms with Crippen molar-refractivity contribution in [2.45, 2.75) is 9.24 Å². The second kappa shape index (κ2) is 4.94. The lowest BCUT2D eigenvalue weighted by molar-refractivity contribution is 0.0690. The average molecular weight is 289 g/mol. The van der Waals surface area contributed by atoms with Gasteiger partial charge >= 0.3 is 5.97 Å². The molecule has 0 aliphatic rings. The maximum atomic E-state index is 11.1. The van der Waals surface area contributed by atoms with Gasteiger partial charge in [-0.15, -0.1) is 0 Å². The Labute approximate surface area is 116 Å². The molecule has 0 radical (unpaired) electrons. The van der Waals surface area contributed by atoms with E-state index in [1.807, 2.05) is 18.2 Å². The molecule has 94 valence electrons. The van der Waals surface area contributed by atoms with E-state index in [4.69, 9.17) is 5.11 Å². The molecule has 19 heavy (non-hydrogen) atoms. The predicted octanol–water partition coefficient (Wildman–Crippen LogP) is 2.94. The maximum absolute atomic E-state index is 11.1. The van der Waals surface area contributed by atoms with Crippen molar-refractivity contribution in [3.8, 4) is 0 Å². The fraction of sp³-hybridized carbons (Fsp3) is 0.